The maximum Gasteiger partial charge on any atom is 0.215 e. The van der Waals surface area contributed by atoms with Crippen LogP contribution in [-0.2, 0) is 0 Å². The van der Waals surface area contributed by atoms with Crippen LogP contribution in [0.25, 0.3) is 10.8 Å². The third kappa shape index (κ3) is 6.69. The van der Waals surface area contributed by atoms with Crippen molar-refractivity contribution >= 4 is 28.4 Å². The zero-order valence-corrected chi connectivity index (χ0v) is 18.8. The molecule has 0 spiro atoms. The fourth-order valence-electron chi connectivity index (χ4n) is 3.43. The van der Waals surface area contributed by atoms with Crippen LogP contribution in [0.5, 0.6) is 5.88 Å². The van der Waals surface area contributed by atoms with Gasteiger partial charge >= 0.3 is 0 Å². The largest absolute Gasteiger partial charge is 0.476 e. The van der Waals surface area contributed by atoms with E-state index in [-0.39, 0.29) is 0 Å². The van der Waals surface area contributed by atoms with Crippen LogP contribution in [0.4, 0.5) is 11.4 Å². The third-order valence-corrected chi connectivity index (χ3v) is 4.90. The number of ether oxygens (including phenoxy) is 1. The molecule has 0 aliphatic carbocycles. The third-order valence-electron chi connectivity index (χ3n) is 4.90. The summed E-state index contributed by atoms with van der Waals surface area (Å²) in [4.78, 5) is 7.00. The van der Waals surface area contributed by atoms with Crippen molar-refractivity contribution < 1.29 is 4.74 Å². The van der Waals surface area contributed by atoms with Gasteiger partial charge in [-0.25, -0.2) is 4.98 Å². The fraction of sp³-hybridized carbons (Fsp3) is 0.360. The molecule has 1 aromatic heterocycles. The van der Waals surface area contributed by atoms with E-state index in [0.717, 1.165) is 49.5 Å². The number of nitrogens with zero attached hydrogens (tertiary/aromatic N) is 3. The number of hydrogen-bond donors (Lipinski definition) is 2. The predicted octanol–water partition coefficient (Wildman–Crippen LogP) is 4.91. The predicted molar refractivity (Wildman–Crippen MR) is 132 cm³/mol. The van der Waals surface area contributed by atoms with E-state index in [9.17, 15) is 0 Å². The number of nitrogens with one attached hydrogen (secondary N) is 2. The van der Waals surface area contributed by atoms with Gasteiger partial charge in [-0.1, -0.05) is 44.2 Å². The summed E-state index contributed by atoms with van der Waals surface area (Å²) < 4.78 is 5.86. The first-order chi connectivity index (χ1) is 15.2. The Morgan fingerprint density at radius 1 is 1.00 bits per heavy atom. The summed E-state index contributed by atoms with van der Waals surface area (Å²) in [5.41, 5.74) is 5.94. The van der Waals surface area contributed by atoms with Crippen LogP contribution >= 0.6 is 0 Å². The van der Waals surface area contributed by atoms with Crippen molar-refractivity contribution in [2.45, 2.75) is 26.7 Å². The summed E-state index contributed by atoms with van der Waals surface area (Å²) >= 11 is 0. The molecule has 1 heterocycles. The zero-order valence-electron chi connectivity index (χ0n) is 18.8. The lowest BCUT2D eigenvalue weighted by atomic mass is 10.1. The van der Waals surface area contributed by atoms with Crippen LogP contribution < -0.4 is 20.4 Å². The Kier molecular flexibility index (Phi) is 8.67. The molecular weight excluding hydrogens is 386 g/mol. The van der Waals surface area contributed by atoms with Crippen molar-refractivity contribution in [3.05, 3.63) is 60.3 Å². The summed E-state index contributed by atoms with van der Waals surface area (Å²) in [5, 5.41) is 9.91. The molecule has 0 amide bonds. The first-order valence-corrected chi connectivity index (χ1v) is 11.1. The Bertz CT molecular complexity index is 983. The van der Waals surface area contributed by atoms with Crippen molar-refractivity contribution in [1.29, 1.82) is 0 Å². The molecule has 0 saturated carbocycles. The SMILES string of the molecule is CCCN(CCC)c1cc(/C=N/Nc2ccc3ccccc3c2)nc(OCCNC)c1. The normalized spacial score (nSPS) is 11.2. The maximum absolute atomic E-state index is 5.86. The second kappa shape index (κ2) is 11.9. The van der Waals surface area contributed by atoms with Gasteiger partial charge < -0.3 is 15.0 Å². The van der Waals surface area contributed by atoms with Crippen LogP contribution in [0.3, 0.4) is 0 Å². The van der Waals surface area contributed by atoms with Crippen molar-refractivity contribution in [1.82, 2.24) is 10.3 Å². The van der Waals surface area contributed by atoms with Gasteiger partial charge in [-0.3, -0.25) is 5.43 Å². The number of fused-ring (bicyclic) bond motifs is 1. The van der Waals surface area contributed by atoms with Gasteiger partial charge in [0, 0.05) is 31.4 Å². The lowest BCUT2D eigenvalue weighted by Crippen LogP contribution is -2.25. The van der Waals surface area contributed by atoms with Gasteiger partial charge in [0.1, 0.15) is 6.61 Å². The van der Waals surface area contributed by atoms with Crippen LogP contribution in [0, 0.1) is 0 Å². The minimum absolute atomic E-state index is 0.570. The highest BCUT2D eigenvalue weighted by atomic mass is 16.5. The van der Waals surface area contributed by atoms with Gasteiger partial charge in [0.2, 0.25) is 5.88 Å². The minimum atomic E-state index is 0.570. The molecule has 2 aromatic carbocycles. The number of rotatable bonds is 12. The Balaban J connectivity index is 1.79. The molecular formula is C25H33N5O. The van der Waals surface area contributed by atoms with Gasteiger partial charge in [-0.05, 0) is 48.9 Å². The number of hydrazone groups is 1. The zero-order chi connectivity index (χ0) is 21.9. The van der Waals surface area contributed by atoms with Crippen LogP contribution in [0.15, 0.2) is 59.7 Å². The smallest absolute Gasteiger partial charge is 0.215 e. The van der Waals surface area contributed by atoms with E-state index in [2.05, 4.69) is 69.9 Å². The Morgan fingerprint density at radius 2 is 1.77 bits per heavy atom. The monoisotopic (exact) mass is 419 g/mol. The Morgan fingerprint density at radius 3 is 2.52 bits per heavy atom. The van der Waals surface area contributed by atoms with E-state index in [1.54, 1.807) is 6.21 Å². The summed E-state index contributed by atoms with van der Waals surface area (Å²) in [6.07, 6.45) is 3.93. The Hall–Kier alpha value is -3.12. The van der Waals surface area contributed by atoms with Crippen LogP contribution in [0.1, 0.15) is 32.4 Å². The van der Waals surface area contributed by atoms with Crippen molar-refractivity contribution in [2.75, 3.05) is 43.6 Å². The molecule has 0 aliphatic rings. The molecule has 6 heteroatoms. The van der Waals surface area contributed by atoms with E-state index >= 15 is 0 Å². The summed E-state index contributed by atoms with van der Waals surface area (Å²) in [6, 6.07) is 18.6. The van der Waals surface area contributed by atoms with Crippen LogP contribution in [-0.4, -0.2) is 44.5 Å². The number of likely N-dealkylation sites (N-methyl/N-ethyl adjacent to an activating group) is 1. The van der Waals surface area contributed by atoms with Gasteiger partial charge in [-0.2, -0.15) is 5.10 Å². The molecule has 3 aromatic rings. The standard InChI is InChI=1S/C25H33N5O/c1-4-13-30(14-5-2)24-17-23(28-25(18-24)31-15-12-26-3)19-27-29-22-11-10-20-8-6-7-9-21(20)16-22/h6-11,16-19,26,29H,4-5,12-15H2,1-3H3/b27-19+. The van der Waals surface area contributed by atoms with Gasteiger partial charge in [0.25, 0.3) is 0 Å². The van der Waals surface area contributed by atoms with Crippen molar-refractivity contribution in [3.63, 3.8) is 0 Å². The molecule has 31 heavy (non-hydrogen) atoms. The second-order valence-electron chi connectivity index (χ2n) is 7.46. The molecule has 0 atom stereocenters. The number of aromatic nitrogens is 1. The van der Waals surface area contributed by atoms with Gasteiger partial charge in [0.05, 0.1) is 17.6 Å². The van der Waals surface area contributed by atoms with Crippen molar-refractivity contribution in [3.8, 4) is 5.88 Å². The number of pyridine rings is 1. The highest BCUT2D eigenvalue weighted by Crippen LogP contribution is 2.22. The summed E-state index contributed by atoms with van der Waals surface area (Å²) in [5.74, 6) is 0.622. The topological polar surface area (TPSA) is 61.8 Å². The average Bonchev–Trinajstić information content (AvgIpc) is 2.79. The number of benzene rings is 2. The highest BCUT2D eigenvalue weighted by Gasteiger charge is 2.09. The molecule has 0 bridgehead atoms. The van der Waals surface area contributed by atoms with E-state index in [0.29, 0.717) is 12.5 Å². The summed E-state index contributed by atoms with van der Waals surface area (Å²) in [7, 11) is 1.91. The summed E-state index contributed by atoms with van der Waals surface area (Å²) in [6.45, 7) is 7.74. The molecule has 3 rings (SSSR count). The fourth-order valence-corrected chi connectivity index (χ4v) is 3.43. The highest BCUT2D eigenvalue weighted by molar-refractivity contribution is 5.86. The Labute approximate surface area is 185 Å². The lowest BCUT2D eigenvalue weighted by Gasteiger charge is -2.24. The van der Waals surface area contributed by atoms with E-state index in [1.165, 1.54) is 10.8 Å². The quantitative estimate of drug-likeness (QED) is 0.248. The molecule has 164 valence electrons. The molecule has 0 radical (unpaired) electrons. The number of hydrogen-bond acceptors (Lipinski definition) is 6. The van der Waals surface area contributed by atoms with Crippen LogP contribution in [0.2, 0.25) is 0 Å². The molecule has 6 nitrogen and oxygen atoms in total. The van der Waals surface area contributed by atoms with Gasteiger partial charge in [-0.15, -0.1) is 0 Å². The average molecular weight is 420 g/mol. The molecule has 0 aliphatic heterocycles. The van der Waals surface area contributed by atoms with E-state index in [4.69, 9.17) is 4.74 Å². The first kappa shape index (κ1) is 22.6. The van der Waals surface area contributed by atoms with Crippen molar-refractivity contribution in [2.24, 2.45) is 5.10 Å². The minimum Gasteiger partial charge on any atom is -0.476 e. The second-order valence-corrected chi connectivity index (χ2v) is 7.46. The van der Waals surface area contributed by atoms with E-state index in [1.807, 2.05) is 31.3 Å². The molecule has 0 saturated heterocycles. The molecule has 0 unspecified atom stereocenters. The van der Waals surface area contributed by atoms with E-state index < -0.39 is 0 Å². The van der Waals surface area contributed by atoms with Gasteiger partial charge in [0.15, 0.2) is 0 Å². The number of anilines is 2. The molecule has 2 N–H and O–H groups in total. The maximum atomic E-state index is 5.86. The molecule has 0 fully saturated rings. The lowest BCUT2D eigenvalue weighted by molar-refractivity contribution is 0.306. The first-order valence-electron chi connectivity index (χ1n) is 11.1.